The fourth-order valence-electron chi connectivity index (χ4n) is 2.34. The molecule has 1 aromatic heterocycles. The standard InChI is InChI=1S/C18H17Cl2N7O3/c1-29-16-7-11(8-22-23-17(28)9-27-25-18(21)24-26-27)3-5-15(16)30-10-12-2-4-13(19)14(20)6-12/h2-8H,9-10H2,1H3,(H2,21,25)(H,23,28)/b22-8-. The van der Waals surface area contributed by atoms with E-state index in [0.717, 1.165) is 10.4 Å². The first-order valence-electron chi connectivity index (χ1n) is 8.54. The lowest BCUT2D eigenvalue weighted by Crippen LogP contribution is -2.24. The molecule has 12 heteroatoms. The second-order valence-electron chi connectivity index (χ2n) is 5.92. The van der Waals surface area contributed by atoms with Gasteiger partial charge in [0.2, 0.25) is 0 Å². The van der Waals surface area contributed by atoms with Crippen LogP contribution in [0.4, 0.5) is 5.95 Å². The van der Waals surface area contributed by atoms with Gasteiger partial charge in [-0.2, -0.15) is 9.90 Å². The van der Waals surface area contributed by atoms with E-state index in [2.05, 4.69) is 25.9 Å². The van der Waals surface area contributed by atoms with Crippen molar-refractivity contribution in [3.8, 4) is 11.5 Å². The molecule has 10 nitrogen and oxygen atoms in total. The Labute approximate surface area is 181 Å². The summed E-state index contributed by atoms with van der Waals surface area (Å²) in [6.45, 7) is 0.129. The normalized spacial score (nSPS) is 10.9. The van der Waals surface area contributed by atoms with E-state index in [4.69, 9.17) is 38.4 Å². The zero-order valence-corrected chi connectivity index (χ0v) is 17.3. The maximum Gasteiger partial charge on any atom is 0.263 e. The smallest absolute Gasteiger partial charge is 0.263 e. The molecule has 0 bridgehead atoms. The van der Waals surface area contributed by atoms with Crippen LogP contribution in [0.25, 0.3) is 0 Å². The van der Waals surface area contributed by atoms with Crippen LogP contribution in [0, 0.1) is 0 Å². The van der Waals surface area contributed by atoms with Crippen molar-refractivity contribution < 1.29 is 14.3 Å². The van der Waals surface area contributed by atoms with Crippen molar-refractivity contribution in [1.82, 2.24) is 25.6 Å². The monoisotopic (exact) mass is 449 g/mol. The molecule has 0 saturated carbocycles. The number of benzene rings is 2. The lowest BCUT2D eigenvalue weighted by molar-refractivity contribution is -0.122. The minimum atomic E-state index is -0.433. The Hall–Kier alpha value is -3.37. The van der Waals surface area contributed by atoms with Crippen molar-refractivity contribution in [1.29, 1.82) is 0 Å². The van der Waals surface area contributed by atoms with Gasteiger partial charge in [-0.1, -0.05) is 34.4 Å². The van der Waals surface area contributed by atoms with Gasteiger partial charge in [-0.3, -0.25) is 4.79 Å². The van der Waals surface area contributed by atoms with Crippen LogP contribution in [0.2, 0.25) is 10.0 Å². The van der Waals surface area contributed by atoms with Crippen LogP contribution in [0.5, 0.6) is 11.5 Å². The molecule has 2 aromatic carbocycles. The number of aromatic nitrogens is 4. The fraction of sp³-hybridized carbons (Fsp3) is 0.167. The number of hydrogen-bond donors (Lipinski definition) is 2. The van der Waals surface area contributed by atoms with Crippen LogP contribution in [0.15, 0.2) is 41.5 Å². The first kappa shape index (κ1) is 21.3. The summed E-state index contributed by atoms with van der Waals surface area (Å²) in [6.07, 6.45) is 1.46. The number of hydrogen-bond acceptors (Lipinski definition) is 8. The van der Waals surface area contributed by atoms with Crippen molar-refractivity contribution in [2.45, 2.75) is 13.2 Å². The first-order chi connectivity index (χ1) is 14.4. The molecule has 3 aromatic rings. The second-order valence-corrected chi connectivity index (χ2v) is 6.73. The van der Waals surface area contributed by atoms with Gasteiger partial charge in [0.05, 0.1) is 23.4 Å². The third-order valence-corrected chi connectivity index (χ3v) is 4.46. The maximum atomic E-state index is 11.8. The Kier molecular flexibility index (Phi) is 7.04. The maximum absolute atomic E-state index is 11.8. The van der Waals surface area contributed by atoms with E-state index >= 15 is 0 Å². The lowest BCUT2D eigenvalue weighted by atomic mass is 10.2. The van der Waals surface area contributed by atoms with Gasteiger partial charge in [-0.15, -0.1) is 5.10 Å². The molecule has 0 unspecified atom stereocenters. The molecule has 1 heterocycles. The predicted molar refractivity (Wildman–Crippen MR) is 112 cm³/mol. The van der Waals surface area contributed by atoms with Crippen molar-refractivity contribution in [2.75, 3.05) is 12.8 Å². The summed E-state index contributed by atoms with van der Waals surface area (Å²) in [5.41, 5.74) is 9.26. The summed E-state index contributed by atoms with van der Waals surface area (Å²) in [7, 11) is 1.53. The van der Waals surface area contributed by atoms with Crippen LogP contribution >= 0.6 is 23.2 Å². The number of amides is 1. The van der Waals surface area contributed by atoms with E-state index in [1.807, 2.05) is 6.07 Å². The van der Waals surface area contributed by atoms with E-state index in [9.17, 15) is 4.79 Å². The van der Waals surface area contributed by atoms with Crippen LogP contribution < -0.4 is 20.6 Å². The molecule has 3 N–H and O–H groups in total. The van der Waals surface area contributed by atoms with Gasteiger partial charge in [0.1, 0.15) is 13.2 Å². The topological polar surface area (TPSA) is 130 Å². The molecular weight excluding hydrogens is 433 g/mol. The highest BCUT2D eigenvalue weighted by Crippen LogP contribution is 2.29. The summed E-state index contributed by atoms with van der Waals surface area (Å²) in [4.78, 5) is 12.9. The molecule has 3 rings (SSSR count). The van der Waals surface area contributed by atoms with Crippen LogP contribution in [-0.2, 0) is 17.9 Å². The molecule has 0 fully saturated rings. The summed E-state index contributed by atoms with van der Waals surface area (Å²) in [5, 5.41) is 15.6. The number of hydrazone groups is 1. The number of methoxy groups -OCH3 is 1. The van der Waals surface area contributed by atoms with Gasteiger partial charge in [-0.05, 0) is 46.7 Å². The SMILES string of the molecule is COc1cc(/C=N\NC(=O)Cn2nnc(N)n2)ccc1OCc1ccc(Cl)c(Cl)c1. The number of carbonyl (C=O) groups excluding carboxylic acids is 1. The number of halogens is 2. The fourth-order valence-corrected chi connectivity index (χ4v) is 2.66. The van der Waals surface area contributed by atoms with Gasteiger partial charge >= 0.3 is 0 Å². The molecule has 0 radical (unpaired) electrons. The molecule has 0 spiro atoms. The molecule has 1 amide bonds. The average Bonchev–Trinajstić information content (AvgIpc) is 3.13. The molecule has 0 aliphatic carbocycles. The van der Waals surface area contributed by atoms with Gasteiger partial charge in [0.25, 0.3) is 11.9 Å². The number of nitrogens with two attached hydrogens (primary N) is 1. The quantitative estimate of drug-likeness (QED) is 0.398. The Balaban J connectivity index is 1.58. The number of nitrogen functional groups attached to an aromatic ring is 1. The largest absolute Gasteiger partial charge is 0.493 e. The van der Waals surface area contributed by atoms with Crippen LogP contribution in [0.1, 0.15) is 11.1 Å². The number of tetrazole rings is 1. The third-order valence-electron chi connectivity index (χ3n) is 3.72. The van der Waals surface area contributed by atoms with E-state index in [-0.39, 0.29) is 19.1 Å². The Morgan fingerprint density at radius 3 is 2.77 bits per heavy atom. The van der Waals surface area contributed by atoms with Crippen molar-refractivity contribution in [2.24, 2.45) is 5.10 Å². The third kappa shape index (κ3) is 5.82. The molecule has 0 saturated heterocycles. The molecule has 0 aliphatic heterocycles. The summed E-state index contributed by atoms with van der Waals surface area (Å²) in [5.74, 6) is 0.601. The molecule has 0 aliphatic rings. The molecule has 156 valence electrons. The Morgan fingerprint density at radius 2 is 2.07 bits per heavy atom. The zero-order chi connectivity index (χ0) is 21.5. The summed E-state index contributed by atoms with van der Waals surface area (Å²) >= 11 is 11.9. The highest BCUT2D eigenvalue weighted by molar-refractivity contribution is 6.42. The van der Waals surface area contributed by atoms with Gasteiger partial charge < -0.3 is 15.2 Å². The number of nitrogens with one attached hydrogen (secondary N) is 1. The predicted octanol–water partition coefficient (Wildman–Crippen LogP) is 2.30. The lowest BCUT2D eigenvalue weighted by Gasteiger charge is -2.11. The van der Waals surface area contributed by atoms with E-state index in [1.54, 1.807) is 30.3 Å². The van der Waals surface area contributed by atoms with E-state index in [1.165, 1.54) is 13.3 Å². The van der Waals surface area contributed by atoms with Crippen LogP contribution in [-0.4, -0.2) is 39.4 Å². The van der Waals surface area contributed by atoms with Crippen molar-refractivity contribution in [3.05, 3.63) is 57.6 Å². The zero-order valence-electron chi connectivity index (χ0n) is 15.7. The average molecular weight is 450 g/mol. The number of carbonyl (C=O) groups is 1. The number of ether oxygens (including phenoxy) is 2. The number of nitrogens with zero attached hydrogens (tertiary/aromatic N) is 5. The van der Waals surface area contributed by atoms with E-state index < -0.39 is 5.91 Å². The molecule has 0 atom stereocenters. The highest BCUT2D eigenvalue weighted by Gasteiger charge is 2.08. The summed E-state index contributed by atoms with van der Waals surface area (Å²) in [6, 6.07) is 10.5. The van der Waals surface area contributed by atoms with Gasteiger partial charge in [-0.25, -0.2) is 5.43 Å². The van der Waals surface area contributed by atoms with Gasteiger partial charge in [0.15, 0.2) is 11.5 Å². The minimum absolute atomic E-state index is 0.0140. The van der Waals surface area contributed by atoms with Crippen LogP contribution in [0.3, 0.4) is 0 Å². The minimum Gasteiger partial charge on any atom is -0.493 e. The highest BCUT2D eigenvalue weighted by atomic mass is 35.5. The van der Waals surface area contributed by atoms with Gasteiger partial charge in [0, 0.05) is 0 Å². The Bertz CT molecular complexity index is 1070. The number of rotatable bonds is 8. The second kappa shape index (κ2) is 9.90. The Morgan fingerprint density at radius 1 is 1.23 bits per heavy atom. The van der Waals surface area contributed by atoms with Crippen molar-refractivity contribution in [3.63, 3.8) is 0 Å². The summed E-state index contributed by atoms with van der Waals surface area (Å²) < 4.78 is 11.2. The molecular formula is C18H17Cl2N7O3. The van der Waals surface area contributed by atoms with Crippen molar-refractivity contribution >= 4 is 41.3 Å². The molecule has 30 heavy (non-hydrogen) atoms. The number of anilines is 1. The first-order valence-corrected chi connectivity index (χ1v) is 9.30. The van der Waals surface area contributed by atoms with E-state index in [0.29, 0.717) is 27.1 Å².